The number of aryl methyl sites for hydroxylation is 2. The van der Waals surface area contributed by atoms with Crippen LogP contribution < -0.4 is 5.32 Å². The Morgan fingerprint density at radius 3 is 2.76 bits per heavy atom. The second kappa shape index (κ2) is 8.84. The number of nitrogens with one attached hydrogen (secondary N) is 1. The Bertz CT molecular complexity index is 962. The summed E-state index contributed by atoms with van der Waals surface area (Å²) in [4.78, 5) is 2.03. The monoisotopic (exact) mass is 429 g/mol. The maximum atomic E-state index is 6.38. The van der Waals surface area contributed by atoms with Gasteiger partial charge in [-0.3, -0.25) is 4.57 Å². The van der Waals surface area contributed by atoms with Crippen LogP contribution in [0.15, 0.2) is 40.3 Å². The average Bonchev–Trinajstić information content (AvgIpc) is 3.09. The Balaban J connectivity index is 1.49. The summed E-state index contributed by atoms with van der Waals surface area (Å²) in [6.07, 6.45) is 9.03. The summed E-state index contributed by atoms with van der Waals surface area (Å²) in [7, 11) is 2.00. The van der Waals surface area contributed by atoms with E-state index in [9.17, 15) is 0 Å². The highest BCUT2D eigenvalue weighted by Crippen LogP contribution is 2.32. The lowest BCUT2D eigenvalue weighted by Crippen LogP contribution is -2.26. The molecule has 0 saturated carbocycles. The fraction of sp³-hybridized carbons (Fsp3) is 0.455. The number of halogens is 1. The van der Waals surface area contributed by atoms with Crippen molar-refractivity contribution in [2.45, 2.75) is 44.7 Å². The van der Waals surface area contributed by atoms with Crippen molar-refractivity contribution in [3.05, 3.63) is 57.7 Å². The largest absolute Gasteiger partial charge is 0.382 e. The molecule has 154 valence electrons. The SMILES string of the molecule is Cc1ccc(-n2c(C)nnc2SCCNC2=C(Cl)N(C)CC=C2)c2c1CCCC2. The molecule has 2 heterocycles. The molecule has 1 aromatic heterocycles. The summed E-state index contributed by atoms with van der Waals surface area (Å²) in [5.41, 5.74) is 6.64. The number of likely N-dealkylation sites (N-methyl/N-ethyl adjacent to an activating group) is 1. The van der Waals surface area contributed by atoms with Crippen molar-refractivity contribution in [1.29, 1.82) is 0 Å². The highest BCUT2D eigenvalue weighted by Gasteiger charge is 2.20. The van der Waals surface area contributed by atoms with Gasteiger partial charge in [0.1, 0.15) is 11.0 Å². The van der Waals surface area contributed by atoms with Gasteiger partial charge in [0, 0.05) is 25.9 Å². The van der Waals surface area contributed by atoms with E-state index in [1.165, 1.54) is 41.6 Å². The number of nitrogens with zero attached hydrogens (tertiary/aromatic N) is 4. The summed E-state index contributed by atoms with van der Waals surface area (Å²) in [6, 6.07) is 4.49. The van der Waals surface area contributed by atoms with Gasteiger partial charge in [-0.2, -0.15) is 0 Å². The van der Waals surface area contributed by atoms with Crippen molar-refractivity contribution < 1.29 is 0 Å². The first kappa shape index (κ1) is 20.4. The average molecular weight is 430 g/mol. The summed E-state index contributed by atoms with van der Waals surface area (Å²) in [5, 5.41) is 14.0. The molecular weight excluding hydrogens is 402 g/mol. The highest BCUT2D eigenvalue weighted by molar-refractivity contribution is 7.99. The Kier molecular flexibility index (Phi) is 6.20. The lowest BCUT2D eigenvalue weighted by atomic mass is 9.87. The van der Waals surface area contributed by atoms with Crippen LogP contribution in [0.3, 0.4) is 0 Å². The number of benzene rings is 1. The van der Waals surface area contributed by atoms with Gasteiger partial charge in [0.2, 0.25) is 0 Å². The van der Waals surface area contributed by atoms with Crippen LogP contribution in [-0.2, 0) is 12.8 Å². The molecule has 5 nitrogen and oxygen atoms in total. The van der Waals surface area contributed by atoms with E-state index < -0.39 is 0 Å². The summed E-state index contributed by atoms with van der Waals surface area (Å²) in [6.45, 7) is 5.93. The molecule has 0 atom stereocenters. The van der Waals surface area contributed by atoms with Crippen molar-refractivity contribution in [2.24, 2.45) is 0 Å². The molecule has 1 aromatic carbocycles. The standard InChI is InChI=1S/C22H28ClN5S/c1-15-10-11-20(18-8-5-4-7-17(15)18)28-16(2)25-26-22(28)29-14-12-24-19-9-6-13-27(3)21(19)23/h6,9-11,24H,4-5,7-8,12-14H2,1-3H3. The molecule has 1 N–H and O–H groups in total. The van der Waals surface area contributed by atoms with Gasteiger partial charge < -0.3 is 10.2 Å². The van der Waals surface area contributed by atoms with E-state index in [0.717, 1.165) is 47.1 Å². The summed E-state index contributed by atoms with van der Waals surface area (Å²) >= 11 is 8.11. The molecule has 2 aliphatic rings. The second-order valence-electron chi connectivity index (χ2n) is 7.69. The molecular formula is C22H28ClN5S. The van der Waals surface area contributed by atoms with Gasteiger partial charge in [0.15, 0.2) is 5.16 Å². The normalized spacial score (nSPS) is 16.3. The zero-order valence-electron chi connectivity index (χ0n) is 17.3. The first-order valence-corrected chi connectivity index (χ1v) is 11.6. The van der Waals surface area contributed by atoms with Crippen LogP contribution in [0, 0.1) is 13.8 Å². The molecule has 0 amide bonds. The predicted molar refractivity (Wildman–Crippen MR) is 121 cm³/mol. The molecule has 1 aliphatic heterocycles. The first-order valence-electron chi connectivity index (χ1n) is 10.2. The van der Waals surface area contributed by atoms with Crippen LogP contribution >= 0.6 is 23.4 Å². The van der Waals surface area contributed by atoms with E-state index in [0.29, 0.717) is 0 Å². The van der Waals surface area contributed by atoms with Crippen LogP contribution in [0.1, 0.15) is 35.4 Å². The Morgan fingerprint density at radius 2 is 1.93 bits per heavy atom. The second-order valence-corrected chi connectivity index (χ2v) is 9.11. The molecule has 0 radical (unpaired) electrons. The number of hydrogen-bond acceptors (Lipinski definition) is 5. The molecule has 0 spiro atoms. The smallest absolute Gasteiger partial charge is 0.195 e. The van der Waals surface area contributed by atoms with Crippen LogP contribution in [0.2, 0.25) is 0 Å². The minimum atomic E-state index is 0.766. The molecule has 7 heteroatoms. The lowest BCUT2D eigenvalue weighted by Gasteiger charge is -2.23. The third-order valence-corrected chi connectivity index (χ3v) is 7.07. The molecule has 1 aliphatic carbocycles. The van der Waals surface area contributed by atoms with Gasteiger partial charge >= 0.3 is 0 Å². The zero-order chi connectivity index (χ0) is 20.4. The quantitative estimate of drug-likeness (QED) is 0.420. The number of allylic oxidation sites excluding steroid dienone is 1. The molecule has 0 unspecified atom stereocenters. The summed E-state index contributed by atoms with van der Waals surface area (Å²) < 4.78 is 2.23. The van der Waals surface area contributed by atoms with Gasteiger partial charge in [-0.1, -0.05) is 35.5 Å². The number of hydrogen-bond donors (Lipinski definition) is 1. The molecule has 4 rings (SSSR count). The van der Waals surface area contributed by atoms with Crippen molar-refractivity contribution >= 4 is 23.4 Å². The lowest BCUT2D eigenvalue weighted by molar-refractivity contribution is 0.479. The Hall–Kier alpha value is -1.92. The number of aromatic nitrogens is 3. The minimum Gasteiger partial charge on any atom is -0.382 e. The predicted octanol–water partition coefficient (Wildman–Crippen LogP) is 4.35. The molecule has 0 fully saturated rings. The van der Waals surface area contributed by atoms with Crippen LogP contribution in [0.5, 0.6) is 0 Å². The van der Waals surface area contributed by atoms with E-state index in [4.69, 9.17) is 11.6 Å². The van der Waals surface area contributed by atoms with Crippen molar-refractivity contribution in [3.63, 3.8) is 0 Å². The molecule has 0 saturated heterocycles. The highest BCUT2D eigenvalue weighted by atomic mass is 35.5. The fourth-order valence-electron chi connectivity index (χ4n) is 4.09. The van der Waals surface area contributed by atoms with Crippen LogP contribution in [-0.4, -0.2) is 45.6 Å². The fourth-order valence-corrected chi connectivity index (χ4v) is 5.14. The van der Waals surface area contributed by atoms with E-state index in [1.807, 2.05) is 18.9 Å². The third kappa shape index (κ3) is 4.19. The van der Waals surface area contributed by atoms with Crippen LogP contribution in [0.25, 0.3) is 5.69 Å². The topological polar surface area (TPSA) is 46.0 Å². The van der Waals surface area contributed by atoms with Gasteiger partial charge in [0.05, 0.1) is 11.4 Å². The van der Waals surface area contributed by atoms with Gasteiger partial charge in [0.25, 0.3) is 0 Å². The van der Waals surface area contributed by atoms with Crippen molar-refractivity contribution in [1.82, 2.24) is 25.0 Å². The van der Waals surface area contributed by atoms with Gasteiger partial charge in [-0.05, 0) is 68.4 Å². The molecule has 2 aromatic rings. The molecule has 0 bridgehead atoms. The Morgan fingerprint density at radius 1 is 1.14 bits per heavy atom. The number of rotatable bonds is 6. The van der Waals surface area contributed by atoms with E-state index in [1.54, 1.807) is 11.8 Å². The van der Waals surface area contributed by atoms with Gasteiger partial charge in [-0.25, -0.2) is 0 Å². The van der Waals surface area contributed by atoms with E-state index in [2.05, 4.69) is 51.3 Å². The van der Waals surface area contributed by atoms with E-state index >= 15 is 0 Å². The maximum absolute atomic E-state index is 6.38. The number of thioether (sulfide) groups is 1. The maximum Gasteiger partial charge on any atom is 0.195 e. The minimum absolute atomic E-state index is 0.766. The Labute approximate surface area is 182 Å². The van der Waals surface area contributed by atoms with Crippen molar-refractivity contribution in [2.75, 3.05) is 25.9 Å². The number of fused-ring (bicyclic) bond motifs is 1. The van der Waals surface area contributed by atoms with Crippen molar-refractivity contribution in [3.8, 4) is 5.69 Å². The van der Waals surface area contributed by atoms with Gasteiger partial charge in [-0.15, -0.1) is 10.2 Å². The van der Waals surface area contributed by atoms with E-state index in [-0.39, 0.29) is 0 Å². The first-order chi connectivity index (χ1) is 14.1. The van der Waals surface area contributed by atoms with Crippen LogP contribution in [0.4, 0.5) is 0 Å². The molecule has 29 heavy (non-hydrogen) atoms. The zero-order valence-corrected chi connectivity index (χ0v) is 18.9. The third-order valence-electron chi connectivity index (χ3n) is 5.65. The summed E-state index contributed by atoms with van der Waals surface area (Å²) in [5.74, 6) is 1.83.